The fourth-order valence-electron chi connectivity index (χ4n) is 3.33. The van der Waals surface area contributed by atoms with E-state index in [1.165, 1.54) is 6.33 Å². The lowest BCUT2D eigenvalue weighted by atomic mass is 10.2. The van der Waals surface area contributed by atoms with Gasteiger partial charge in [-0.1, -0.05) is 42.4 Å². The molecule has 2 aromatic heterocycles. The van der Waals surface area contributed by atoms with Gasteiger partial charge in [-0.05, 0) is 6.54 Å². The molecular formula is C20H25N7O. The van der Waals surface area contributed by atoms with Crippen molar-refractivity contribution in [2.45, 2.75) is 6.92 Å². The molecule has 1 fully saturated rings. The Morgan fingerprint density at radius 3 is 2.64 bits per heavy atom. The van der Waals surface area contributed by atoms with E-state index in [4.69, 9.17) is 4.52 Å². The third kappa shape index (κ3) is 4.35. The highest BCUT2D eigenvalue weighted by atomic mass is 16.5. The van der Waals surface area contributed by atoms with E-state index in [0.29, 0.717) is 23.1 Å². The largest absolute Gasteiger partial charge is 0.368 e. The lowest BCUT2D eigenvalue weighted by Crippen LogP contribution is -2.47. The summed E-state index contributed by atoms with van der Waals surface area (Å²) in [6.45, 7) is 9.61. The highest BCUT2D eigenvalue weighted by molar-refractivity contribution is 5.69. The quantitative estimate of drug-likeness (QED) is 0.669. The topological polar surface area (TPSA) is 83.2 Å². The van der Waals surface area contributed by atoms with Crippen LogP contribution < -0.4 is 5.32 Å². The summed E-state index contributed by atoms with van der Waals surface area (Å²) in [6.07, 6.45) is 3.23. The summed E-state index contributed by atoms with van der Waals surface area (Å²) >= 11 is 0. The van der Waals surface area contributed by atoms with Gasteiger partial charge in [0, 0.05) is 51.0 Å². The first kappa shape index (κ1) is 18.5. The third-order valence-electron chi connectivity index (χ3n) is 5.03. The number of hydrogen-bond donors (Lipinski definition) is 1. The molecule has 1 aromatic carbocycles. The zero-order valence-corrected chi connectivity index (χ0v) is 16.1. The zero-order chi connectivity index (χ0) is 19.2. The molecule has 8 heteroatoms. The fraction of sp³-hybridized carbons (Fsp3) is 0.400. The SMILES string of the molecule is CCN1CCN(CCNc2ncncc2-c2nc(-c3ccccc3)no2)CC1. The second-order valence-corrected chi connectivity index (χ2v) is 6.78. The molecule has 0 spiro atoms. The Labute approximate surface area is 164 Å². The van der Waals surface area contributed by atoms with E-state index in [-0.39, 0.29) is 0 Å². The molecule has 0 unspecified atom stereocenters. The first-order chi connectivity index (χ1) is 13.8. The van der Waals surface area contributed by atoms with Gasteiger partial charge in [0.05, 0.1) is 0 Å². The number of likely N-dealkylation sites (N-methyl/N-ethyl adjacent to an activating group) is 1. The molecule has 1 saturated heterocycles. The average molecular weight is 379 g/mol. The number of nitrogens with one attached hydrogen (secondary N) is 1. The van der Waals surface area contributed by atoms with Crippen LogP contribution in [0.3, 0.4) is 0 Å². The van der Waals surface area contributed by atoms with Crippen LogP contribution in [-0.2, 0) is 0 Å². The smallest absolute Gasteiger partial charge is 0.263 e. The molecule has 1 aliphatic rings. The number of benzene rings is 1. The first-order valence-electron chi connectivity index (χ1n) is 9.71. The van der Waals surface area contributed by atoms with Gasteiger partial charge in [-0.3, -0.25) is 4.90 Å². The lowest BCUT2D eigenvalue weighted by molar-refractivity contribution is 0.141. The van der Waals surface area contributed by atoms with Crippen LogP contribution in [0.5, 0.6) is 0 Å². The Bertz CT molecular complexity index is 875. The number of hydrogen-bond acceptors (Lipinski definition) is 8. The molecule has 146 valence electrons. The number of nitrogens with zero attached hydrogens (tertiary/aromatic N) is 6. The summed E-state index contributed by atoms with van der Waals surface area (Å²) in [4.78, 5) is 18.0. The van der Waals surface area contributed by atoms with Crippen molar-refractivity contribution in [1.82, 2.24) is 29.9 Å². The summed E-state index contributed by atoms with van der Waals surface area (Å²) in [7, 11) is 0. The van der Waals surface area contributed by atoms with E-state index in [9.17, 15) is 0 Å². The molecule has 0 atom stereocenters. The summed E-state index contributed by atoms with van der Waals surface area (Å²) in [5, 5.41) is 7.49. The van der Waals surface area contributed by atoms with Gasteiger partial charge in [0.15, 0.2) is 0 Å². The number of anilines is 1. The maximum absolute atomic E-state index is 5.47. The predicted molar refractivity (Wildman–Crippen MR) is 108 cm³/mol. The van der Waals surface area contributed by atoms with Gasteiger partial charge in [-0.15, -0.1) is 0 Å². The van der Waals surface area contributed by atoms with Gasteiger partial charge in [0.1, 0.15) is 17.7 Å². The lowest BCUT2D eigenvalue weighted by Gasteiger charge is -2.34. The van der Waals surface area contributed by atoms with Crippen molar-refractivity contribution in [2.24, 2.45) is 0 Å². The average Bonchev–Trinajstić information content (AvgIpc) is 3.25. The van der Waals surface area contributed by atoms with Crippen LogP contribution in [0.25, 0.3) is 22.8 Å². The number of piperazine rings is 1. The molecule has 0 radical (unpaired) electrons. The highest BCUT2D eigenvalue weighted by Gasteiger charge is 2.17. The molecule has 1 aliphatic heterocycles. The minimum Gasteiger partial charge on any atom is -0.368 e. The van der Waals surface area contributed by atoms with Crippen LogP contribution in [0.4, 0.5) is 5.82 Å². The van der Waals surface area contributed by atoms with Crippen molar-refractivity contribution in [1.29, 1.82) is 0 Å². The minimum absolute atomic E-state index is 0.415. The molecule has 0 saturated carbocycles. The van der Waals surface area contributed by atoms with Crippen LogP contribution >= 0.6 is 0 Å². The molecule has 28 heavy (non-hydrogen) atoms. The standard InChI is InChI=1S/C20H25N7O/c1-2-26-10-12-27(13-11-26)9-8-22-19-17(14-21-15-23-19)20-24-18(25-28-20)16-6-4-3-5-7-16/h3-7,14-15H,2,8-13H2,1H3,(H,21,22,23). The van der Waals surface area contributed by atoms with Gasteiger partial charge in [-0.25, -0.2) is 9.97 Å². The van der Waals surface area contributed by atoms with Crippen LogP contribution in [0.15, 0.2) is 47.4 Å². The third-order valence-corrected chi connectivity index (χ3v) is 5.03. The maximum Gasteiger partial charge on any atom is 0.263 e. The van der Waals surface area contributed by atoms with Gasteiger partial charge in [0.25, 0.3) is 5.89 Å². The second-order valence-electron chi connectivity index (χ2n) is 6.78. The van der Waals surface area contributed by atoms with Crippen molar-refractivity contribution in [3.63, 3.8) is 0 Å². The molecular weight excluding hydrogens is 354 g/mol. The van der Waals surface area contributed by atoms with E-state index in [1.807, 2.05) is 30.3 Å². The van der Waals surface area contributed by atoms with Crippen molar-refractivity contribution >= 4 is 5.82 Å². The van der Waals surface area contributed by atoms with Crippen LogP contribution in [0.1, 0.15) is 6.92 Å². The van der Waals surface area contributed by atoms with E-state index in [1.54, 1.807) is 6.20 Å². The van der Waals surface area contributed by atoms with Crippen LogP contribution in [0.2, 0.25) is 0 Å². The molecule has 1 N–H and O–H groups in total. The van der Waals surface area contributed by atoms with E-state index >= 15 is 0 Å². The Hall–Kier alpha value is -2.84. The molecule has 0 amide bonds. The Kier molecular flexibility index (Phi) is 5.89. The predicted octanol–water partition coefficient (Wildman–Crippen LogP) is 2.24. The Morgan fingerprint density at radius 1 is 1.07 bits per heavy atom. The van der Waals surface area contributed by atoms with E-state index < -0.39 is 0 Å². The van der Waals surface area contributed by atoms with Gasteiger partial charge >= 0.3 is 0 Å². The van der Waals surface area contributed by atoms with Crippen molar-refractivity contribution in [3.8, 4) is 22.8 Å². The van der Waals surface area contributed by atoms with Crippen LogP contribution in [0, 0.1) is 0 Å². The summed E-state index contributed by atoms with van der Waals surface area (Å²) < 4.78 is 5.47. The Balaban J connectivity index is 1.40. The first-order valence-corrected chi connectivity index (χ1v) is 9.71. The van der Waals surface area contributed by atoms with Crippen molar-refractivity contribution in [3.05, 3.63) is 42.9 Å². The van der Waals surface area contributed by atoms with E-state index in [0.717, 1.165) is 51.4 Å². The normalized spacial score (nSPS) is 15.6. The molecule has 3 heterocycles. The highest BCUT2D eigenvalue weighted by Crippen LogP contribution is 2.26. The van der Waals surface area contributed by atoms with Crippen molar-refractivity contribution < 1.29 is 4.52 Å². The zero-order valence-electron chi connectivity index (χ0n) is 16.1. The summed E-state index contributed by atoms with van der Waals surface area (Å²) in [5.41, 5.74) is 1.63. The minimum atomic E-state index is 0.415. The second kappa shape index (κ2) is 8.90. The van der Waals surface area contributed by atoms with Crippen molar-refractivity contribution in [2.75, 3.05) is 51.1 Å². The fourth-order valence-corrected chi connectivity index (χ4v) is 3.33. The monoisotopic (exact) mass is 379 g/mol. The summed E-state index contributed by atoms with van der Waals surface area (Å²) in [6, 6.07) is 9.76. The molecule has 3 aromatic rings. The van der Waals surface area contributed by atoms with Gasteiger partial charge < -0.3 is 14.7 Å². The summed E-state index contributed by atoms with van der Waals surface area (Å²) in [5.74, 6) is 1.68. The van der Waals surface area contributed by atoms with Gasteiger partial charge in [-0.2, -0.15) is 4.98 Å². The molecule has 0 aliphatic carbocycles. The molecule has 0 bridgehead atoms. The molecule has 4 rings (SSSR count). The van der Waals surface area contributed by atoms with Crippen LogP contribution in [-0.4, -0.2) is 75.7 Å². The number of rotatable bonds is 7. The van der Waals surface area contributed by atoms with E-state index in [2.05, 4.69) is 42.1 Å². The Morgan fingerprint density at radius 2 is 1.86 bits per heavy atom. The maximum atomic E-state index is 5.47. The number of aromatic nitrogens is 4. The van der Waals surface area contributed by atoms with Gasteiger partial charge in [0.2, 0.25) is 5.82 Å². The molecule has 8 nitrogen and oxygen atoms in total.